The lowest BCUT2D eigenvalue weighted by molar-refractivity contribution is 0.578. The van der Waals surface area contributed by atoms with E-state index in [0.29, 0.717) is 6.54 Å². The van der Waals surface area contributed by atoms with Crippen LogP contribution in [0.2, 0.25) is 0 Å². The van der Waals surface area contributed by atoms with Gasteiger partial charge in [0.25, 0.3) is 0 Å². The highest BCUT2D eigenvalue weighted by atomic mass is 19.1. The first-order valence-corrected chi connectivity index (χ1v) is 5.80. The summed E-state index contributed by atoms with van der Waals surface area (Å²) in [6.07, 6.45) is 0. The molecule has 0 aliphatic rings. The molecule has 2 heterocycles. The molecule has 0 saturated heterocycles. The molecule has 0 unspecified atom stereocenters. The van der Waals surface area contributed by atoms with E-state index in [0.717, 1.165) is 17.5 Å². The van der Waals surface area contributed by atoms with E-state index < -0.39 is 11.6 Å². The van der Waals surface area contributed by atoms with Gasteiger partial charge in [-0.1, -0.05) is 6.07 Å². The molecule has 0 radical (unpaired) electrons. The smallest absolute Gasteiger partial charge is 0.168 e. The van der Waals surface area contributed by atoms with Crippen LogP contribution in [0.5, 0.6) is 0 Å². The summed E-state index contributed by atoms with van der Waals surface area (Å²) in [4.78, 5) is 8.10. The highest BCUT2D eigenvalue weighted by molar-refractivity contribution is 5.47. The second kappa shape index (κ2) is 5.60. The fourth-order valence-electron chi connectivity index (χ4n) is 1.64. The third kappa shape index (κ3) is 3.15. The standard InChI is InChI=1S/C13H14F2N4/c1-8-4-3-5-9(18-8)7-17-13-11(15)6-10(14)12(16-2)19-13/h3-6H,7H2,1-2H3,(H2,16,17,19). The highest BCUT2D eigenvalue weighted by Crippen LogP contribution is 2.18. The average molecular weight is 264 g/mol. The van der Waals surface area contributed by atoms with Crippen molar-refractivity contribution in [2.75, 3.05) is 17.7 Å². The molecule has 0 fully saturated rings. The molecule has 0 atom stereocenters. The number of pyridine rings is 2. The van der Waals surface area contributed by atoms with Crippen LogP contribution in [0.3, 0.4) is 0 Å². The van der Waals surface area contributed by atoms with Gasteiger partial charge in [0.15, 0.2) is 23.3 Å². The van der Waals surface area contributed by atoms with Crippen LogP contribution >= 0.6 is 0 Å². The Hall–Kier alpha value is -2.24. The van der Waals surface area contributed by atoms with Crippen molar-refractivity contribution >= 4 is 11.6 Å². The second-order valence-electron chi connectivity index (χ2n) is 4.02. The monoisotopic (exact) mass is 264 g/mol. The molecule has 0 amide bonds. The number of aryl methyl sites for hydroxylation is 1. The number of halogens is 2. The maximum absolute atomic E-state index is 13.5. The molecule has 0 spiro atoms. The van der Waals surface area contributed by atoms with E-state index in [-0.39, 0.29) is 11.6 Å². The Morgan fingerprint density at radius 3 is 2.53 bits per heavy atom. The van der Waals surface area contributed by atoms with Crippen LogP contribution in [0, 0.1) is 18.6 Å². The van der Waals surface area contributed by atoms with Gasteiger partial charge in [-0.15, -0.1) is 0 Å². The summed E-state index contributed by atoms with van der Waals surface area (Å²) in [7, 11) is 1.52. The molecule has 0 aromatic carbocycles. The third-order valence-corrected chi connectivity index (χ3v) is 2.55. The van der Waals surface area contributed by atoms with Gasteiger partial charge in [0, 0.05) is 18.8 Å². The highest BCUT2D eigenvalue weighted by Gasteiger charge is 2.10. The van der Waals surface area contributed by atoms with Crippen LogP contribution in [-0.2, 0) is 6.54 Å². The van der Waals surface area contributed by atoms with E-state index in [2.05, 4.69) is 20.6 Å². The summed E-state index contributed by atoms with van der Waals surface area (Å²) < 4.78 is 26.8. The molecule has 0 bridgehead atoms. The minimum Gasteiger partial charge on any atom is -0.371 e. The van der Waals surface area contributed by atoms with Crippen molar-refractivity contribution < 1.29 is 8.78 Å². The lowest BCUT2D eigenvalue weighted by atomic mass is 10.3. The van der Waals surface area contributed by atoms with Crippen molar-refractivity contribution in [3.05, 3.63) is 47.3 Å². The number of nitrogens with one attached hydrogen (secondary N) is 2. The number of nitrogens with zero attached hydrogens (tertiary/aromatic N) is 2. The van der Waals surface area contributed by atoms with E-state index in [4.69, 9.17) is 0 Å². The maximum atomic E-state index is 13.5. The normalized spacial score (nSPS) is 10.3. The van der Waals surface area contributed by atoms with Crippen LogP contribution < -0.4 is 10.6 Å². The van der Waals surface area contributed by atoms with E-state index in [1.807, 2.05) is 25.1 Å². The van der Waals surface area contributed by atoms with E-state index >= 15 is 0 Å². The fourth-order valence-corrected chi connectivity index (χ4v) is 1.64. The number of hydrogen-bond donors (Lipinski definition) is 2. The number of hydrogen-bond acceptors (Lipinski definition) is 4. The van der Waals surface area contributed by atoms with Gasteiger partial charge < -0.3 is 10.6 Å². The number of aromatic nitrogens is 2. The van der Waals surface area contributed by atoms with Gasteiger partial charge in [0.05, 0.1) is 12.2 Å². The van der Waals surface area contributed by atoms with Crippen molar-refractivity contribution in [3.8, 4) is 0 Å². The van der Waals surface area contributed by atoms with Crippen molar-refractivity contribution in [3.63, 3.8) is 0 Å². The molecule has 19 heavy (non-hydrogen) atoms. The van der Waals surface area contributed by atoms with Crippen molar-refractivity contribution in [1.82, 2.24) is 9.97 Å². The summed E-state index contributed by atoms with van der Waals surface area (Å²) >= 11 is 0. The van der Waals surface area contributed by atoms with Gasteiger partial charge in [-0.25, -0.2) is 13.8 Å². The van der Waals surface area contributed by atoms with Crippen LogP contribution in [-0.4, -0.2) is 17.0 Å². The average Bonchev–Trinajstić information content (AvgIpc) is 2.38. The molecule has 0 saturated carbocycles. The van der Waals surface area contributed by atoms with Crippen LogP contribution in [0.1, 0.15) is 11.4 Å². The molecule has 100 valence electrons. The Morgan fingerprint density at radius 1 is 1.11 bits per heavy atom. The molecule has 2 rings (SSSR count). The van der Waals surface area contributed by atoms with Gasteiger partial charge >= 0.3 is 0 Å². The zero-order valence-electron chi connectivity index (χ0n) is 10.7. The van der Waals surface area contributed by atoms with Crippen LogP contribution in [0.25, 0.3) is 0 Å². The van der Waals surface area contributed by atoms with Crippen molar-refractivity contribution in [2.45, 2.75) is 13.5 Å². The lowest BCUT2D eigenvalue weighted by Gasteiger charge is -2.09. The molecular formula is C13H14F2N4. The first kappa shape index (κ1) is 13.2. The minimum atomic E-state index is -0.732. The Labute approximate surface area is 109 Å². The van der Waals surface area contributed by atoms with Gasteiger partial charge in [-0.3, -0.25) is 4.98 Å². The molecule has 2 N–H and O–H groups in total. The van der Waals surface area contributed by atoms with Gasteiger partial charge in [-0.05, 0) is 19.1 Å². The minimum absolute atomic E-state index is 0.00102. The van der Waals surface area contributed by atoms with E-state index in [1.165, 1.54) is 7.05 Å². The first-order valence-electron chi connectivity index (χ1n) is 5.80. The zero-order valence-corrected chi connectivity index (χ0v) is 10.7. The molecule has 2 aromatic rings. The molecule has 4 nitrogen and oxygen atoms in total. The molecule has 0 aliphatic carbocycles. The molecule has 0 aliphatic heterocycles. The Balaban J connectivity index is 2.15. The number of anilines is 2. The van der Waals surface area contributed by atoms with Crippen molar-refractivity contribution in [2.24, 2.45) is 0 Å². The summed E-state index contributed by atoms with van der Waals surface area (Å²) in [5.41, 5.74) is 1.64. The number of rotatable bonds is 4. The third-order valence-electron chi connectivity index (χ3n) is 2.55. The van der Waals surface area contributed by atoms with E-state index in [1.54, 1.807) is 0 Å². The molecule has 6 heteroatoms. The van der Waals surface area contributed by atoms with E-state index in [9.17, 15) is 8.78 Å². The first-order chi connectivity index (χ1) is 9.10. The maximum Gasteiger partial charge on any atom is 0.168 e. The SMILES string of the molecule is CNc1nc(NCc2cccc(C)n2)c(F)cc1F. The molecular weight excluding hydrogens is 250 g/mol. The quantitative estimate of drug-likeness (QED) is 0.891. The lowest BCUT2D eigenvalue weighted by Crippen LogP contribution is -2.08. The predicted molar refractivity (Wildman–Crippen MR) is 70.0 cm³/mol. The topological polar surface area (TPSA) is 49.8 Å². The summed E-state index contributed by atoms with van der Waals surface area (Å²) in [5.74, 6) is -1.46. The van der Waals surface area contributed by atoms with Crippen LogP contribution in [0.4, 0.5) is 20.4 Å². The summed E-state index contributed by atoms with van der Waals surface area (Å²) in [6, 6.07) is 6.36. The summed E-state index contributed by atoms with van der Waals surface area (Å²) in [6.45, 7) is 2.19. The van der Waals surface area contributed by atoms with Gasteiger partial charge in [-0.2, -0.15) is 0 Å². The Bertz CT molecular complexity index is 587. The zero-order chi connectivity index (χ0) is 13.8. The molecule has 2 aromatic heterocycles. The van der Waals surface area contributed by atoms with Gasteiger partial charge in [0.2, 0.25) is 0 Å². The van der Waals surface area contributed by atoms with Crippen molar-refractivity contribution in [1.29, 1.82) is 0 Å². The van der Waals surface area contributed by atoms with Crippen LogP contribution in [0.15, 0.2) is 24.3 Å². The predicted octanol–water partition coefficient (Wildman–Crippen LogP) is 2.72. The largest absolute Gasteiger partial charge is 0.371 e. The Morgan fingerprint density at radius 2 is 1.84 bits per heavy atom. The summed E-state index contributed by atoms with van der Waals surface area (Å²) in [5, 5.41) is 5.36. The Kier molecular flexibility index (Phi) is 3.89. The fraction of sp³-hybridized carbons (Fsp3) is 0.231. The second-order valence-corrected chi connectivity index (χ2v) is 4.02. The van der Waals surface area contributed by atoms with Gasteiger partial charge in [0.1, 0.15) is 0 Å².